The van der Waals surface area contributed by atoms with Gasteiger partial charge in [-0.1, -0.05) is 0 Å². The number of ketones is 1. The monoisotopic (exact) mass is 298 g/mol. The standard InChI is InChI=1S/C10H9F3O5S/c1-5-8(18-19(16,17)10(11,12)13)4-3-7(6(2)14)9(5)15/h3-4,15H,1-2H3. The first-order valence-electron chi connectivity index (χ1n) is 4.81. The lowest BCUT2D eigenvalue weighted by Crippen LogP contribution is -2.28. The van der Waals surface area contributed by atoms with E-state index in [-0.39, 0.29) is 11.1 Å². The van der Waals surface area contributed by atoms with Gasteiger partial charge < -0.3 is 9.29 Å². The van der Waals surface area contributed by atoms with Crippen molar-refractivity contribution in [2.45, 2.75) is 19.4 Å². The molecular weight excluding hydrogens is 289 g/mol. The Balaban J connectivity index is 3.27. The maximum Gasteiger partial charge on any atom is 0.534 e. The van der Waals surface area contributed by atoms with Gasteiger partial charge in [0.15, 0.2) is 5.78 Å². The normalized spacial score (nSPS) is 12.3. The Hall–Kier alpha value is -1.77. The van der Waals surface area contributed by atoms with Gasteiger partial charge in [-0.3, -0.25) is 4.79 Å². The first-order chi connectivity index (χ1) is 8.47. The molecule has 0 aliphatic carbocycles. The lowest BCUT2D eigenvalue weighted by molar-refractivity contribution is -0.0500. The average Bonchev–Trinajstić information content (AvgIpc) is 2.22. The Morgan fingerprint density at radius 3 is 2.26 bits per heavy atom. The van der Waals surface area contributed by atoms with E-state index in [4.69, 9.17) is 0 Å². The van der Waals surface area contributed by atoms with Crippen LogP contribution in [0, 0.1) is 6.92 Å². The number of carbonyl (C=O) groups is 1. The van der Waals surface area contributed by atoms with E-state index in [2.05, 4.69) is 4.18 Å². The minimum absolute atomic E-state index is 0.144. The molecule has 0 radical (unpaired) electrons. The van der Waals surface area contributed by atoms with Crippen molar-refractivity contribution < 1.29 is 35.7 Å². The van der Waals surface area contributed by atoms with Crippen molar-refractivity contribution in [2.75, 3.05) is 0 Å². The van der Waals surface area contributed by atoms with Gasteiger partial charge in [0.2, 0.25) is 0 Å². The molecule has 0 bridgehead atoms. The summed E-state index contributed by atoms with van der Waals surface area (Å²) in [5.74, 6) is -1.84. The van der Waals surface area contributed by atoms with Gasteiger partial charge in [0.1, 0.15) is 11.5 Å². The molecule has 0 aromatic heterocycles. The number of phenols is 1. The molecule has 0 spiro atoms. The predicted molar refractivity (Wildman–Crippen MR) is 58.5 cm³/mol. The van der Waals surface area contributed by atoms with Crippen LogP contribution in [0.5, 0.6) is 11.5 Å². The first-order valence-corrected chi connectivity index (χ1v) is 6.22. The molecule has 1 aromatic carbocycles. The molecule has 106 valence electrons. The van der Waals surface area contributed by atoms with E-state index >= 15 is 0 Å². The summed E-state index contributed by atoms with van der Waals surface area (Å²) < 4.78 is 61.9. The third kappa shape index (κ3) is 2.98. The quantitative estimate of drug-likeness (QED) is 0.525. The second-order valence-electron chi connectivity index (χ2n) is 3.62. The summed E-state index contributed by atoms with van der Waals surface area (Å²) in [6, 6.07) is 1.85. The summed E-state index contributed by atoms with van der Waals surface area (Å²) in [5.41, 5.74) is -6.00. The van der Waals surface area contributed by atoms with E-state index in [1.807, 2.05) is 0 Å². The van der Waals surface area contributed by atoms with Crippen LogP contribution in [0.25, 0.3) is 0 Å². The molecule has 19 heavy (non-hydrogen) atoms. The average molecular weight is 298 g/mol. The van der Waals surface area contributed by atoms with Crippen LogP contribution >= 0.6 is 0 Å². The summed E-state index contributed by atoms with van der Waals surface area (Å²) in [7, 11) is -5.82. The molecule has 0 atom stereocenters. The van der Waals surface area contributed by atoms with Crippen LogP contribution in [0.15, 0.2) is 12.1 Å². The number of halogens is 3. The van der Waals surface area contributed by atoms with Crippen molar-refractivity contribution in [1.82, 2.24) is 0 Å². The molecule has 0 unspecified atom stereocenters. The molecule has 0 aliphatic rings. The number of benzene rings is 1. The maximum absolute atomic E-state index is 12.1. The summed E-state index contributed by atoms with van der Waals surface area (Å²) in [6.45, 7) is 2.27. The fourth-order valence-corrected chi connectivity index (χ4v) is 1.73. The third-order valence-electron chi connectivity index (χ3n) is 2.24. The van der Waals surface area contributed by atoms with Gasteiger partial charge in [-0.25, -0.2) is 0 Å². The van der Waals surface area contributed by atoms with Gasteiger partial charge in [-0.2, -0.15) is 21.6 Å². The fraction of sp³-hybridized carbons (Fsp3) is 0.300. The third-order valence-corrected chi connectivity index (χ3v) is 3.21. The second-order valence-corrected chi connectivity index (χ2v) is 5.16. The summed E-state index contributed by atoms with van der Waals surface area (Å²) >= 11 is 0. The van der Waals surface area contributed by atoms with Crippen molar-refractivity contribution in [3.05, 3.63) is 23.3 Å². The van der Waals surface area contributed by atoms with Crippen LogP contribution in [0.3, 0.4) is 0 Å². The predicted octanol–water partition coefficient (Wildman–Crippen LogP) is 2.13. The molecule has 1 rings (SSSR count). The topological polar surface area (TPSA) is 80.7 Å². The highest BCUT2D eigenvalue weighted by Gasteiger charge is 2.48. The Morgan fingerprint density at radius 2 is 1.84 bits per heavy atom. The van der Waals surface area contributed by atoms with Crippen molar-refractivity contribution in [3.8, 4) is 11.5 Å². The zero-order valence-corrected chi connectivity index (χ0v) is 10.6. The van der Waals surface area contributed by atoms with Crippen molar-refractivity contribution in [2.24, 2.45) is 0 Å². The number of alkyl halides is 3. The number of Topliss-reactive ketones (excluding diaryl/α,β-unsaturated/α-hetero) is 1. The second kappa shape index (κ2) is 4.72. The highest BCUT2D eigenvalue weighted by Crippen LogP contribution is 2.34. The van der Waals surface area contributed by atoms with Crippen molar-refractivity contribution in [1.29, 1.82) is 0 Å². The van der Waals surface area contributed by atoms with Crippen LogP contribution in [-0.2, 0) is 10.1 Å². The van der Waals surface area contributed by atoms with E-state index in [9.17, 15) is 31.5 Å². The fourth-order valence-electron chi connectivity index (χ4n) is 1.22. The highest BCUT2D eigenvalue weighted by molar-refractivity contribution is 7.88. The van der Waals surface area contributed by atoms with E-state index in [0.29, 0.717) is 0 Å². The zero-order chi connectivity index (χ0) is 15.0. The van der Waals surface area contributed by atoms with Gasteiger partial charge in [0, 0.05) is 5.56 Å². The molecule has 5 nitrogen and oxygen atoms in total. The first kappa shape index (κ1) is 15.3. The molecule has 0 heterocycles. The molecule has 0 saturated heterocycles. The molecule has 9 heteroatoms. The van der Waals surface area contributed by atoms with Crippen LogP contribution in [0.1, 0.15) is 22.8 Å². The van der Waals surface area contributed by atoms with Crippen LogP contribution < -0.4 is 4.18 Å². The number of rotatable bonds is 3. The van der Waals surface area contributed by atoms with Gasteiger partial charge in [0.25, 0.3) is 0 Å². The number of carbonyl (C=O) groups excluding carboxylic acids is 1. The van der Waals surface area contributed by atoms with Gasteiger partial charge in [0.05, 0.1) is 5.56 Å². The minimum atomic E-state index is -5.82. The van der Waals surface area contributed by atoms with Gasteiger partial charge in [-0.05, 0) is 26.0 Å². The van der Waals surface area contributed by atoms with Crippen LogP contribution in [0.4, 0.5) is 13.2 Å². The van der Waals surface area contributed by atoms with E-state index in [1.165, 1.54) is 0 Å². The molecule has 0 saturated carbocycles. The number of aromatic hydroxyl groups is 1. The number of hydrogen-bond donors (Lipinski definition) is 1. The minimum Gasteiger partial charge on any atom is -0.507 e. The Labute approximate surface area is 106 Å². The Morgan fingerprint density at radius 1 is 1.32 bits per heavy atom. The van der Waals surface area contributed by atoms with E-state index in [1.54, 1.807) is 0 Å². The van der Waals surface area contributed by atoms with Gasteiger partial charge >= 0.3 is 15.6 Å². The van der Waals surface area contributed by atoms with E-state index in [0.717, 1.165) is 26.0 Å². The molecule has 0 amide bonds. The van der Waals surface area contributed by atoms with Crippen molar-refractivity contribution in [3.63, 3.8) is 0 Å². The van der Waals surface area contributed by atoms with Crippen LogP contribution in [-0.4, -0.2) is 24.8 Å². The van der Waals surface area contributed by atoms with E-state index < -0.39 is 32.9 Å². The maximum atomic E-state index is 12.1. The highest BCUT2D eigenvalue weighted by atomic mass is 32.2. The molecular formula is C10H9F3O5S. The SMILES string of the molecule is CC(=O)c1ccc(OS(=O)(=O)C(F)(F)F)c(C)c1O. The lowest BCUT2D eigenvalue weighted by Gasteiger charge is -2.13. The number of phenolic OH excluding ortho intramolecular Hbond substituents is 1. The summed E-state index contributed by atoms with van der Waals surface area (Å²) in [6.07, 6.45) is 0. The zero-order valence-electron chi connectivity index (χ0n) is 9.78. The largest absolute Gasteiger partial charge is 0.534 e. The number of hydrogen-bond acceptors (Lipinski definition) is 5. The Bertz CT molecular complexity index is 619. The lowest BCUT2D eigenvalue weighted by atomic mass is 10.1. The smallest absolute Gasteiger partial charge is 0.507 e. The van der Waals surface area contributed by atoms with Crippen LogP contribution in [0.2, 0.25) is 0 Å². The molecule has 0 fully saturated rings. The summed E-state index contributed by atoms with van der Waals surface area (Å²) in [5, 5.41) is 9.57. The Kier molecular flexibility index (Phi) is 3.80. The van der Waals surface area contributed by atoms with Crippen molar-refractivity contribution >= 4 is 15.9 Å². The summed E-state index contributed by atoms with van der Waals surface area (Å²) in [4.78, 5) is 11.1. The molecule has 1 N–H and O–H groups in total. The van der Waals surface area contributed by atoms with Gasteiger partial charge in [-0.15, -0.1) is 0 Å². The molecule has 0 aliphatic heterocycles. The molecule has 1 aromatic rings.